The van der Waals surface area contributed by atoms with Crippen LogP contribution in [0.5, 0.6) is 5.75 Å². The van der Waals surface area contributed by atoms with Gasteiger partial charge in [0.2, 0.25) is 11.8 Å². The van der Waals surface area contributed by atoms with Crippen LogP contribution in [0.1, 0.15) is 36.9 Å². The highest BCUT2D eigenvalue weighted by Crippen LogP contribution is 2.31. The van der Waals surface area contributed by atoms with Crippen LogP contribution >= 0.6 is 0 Å². The lowest BCUT2D eigenvalue weighted by Gasteiger charge is -2.28. The van der Waals surface area contributed by atoms with E-state index in [0.717, 1.165) is 35.4 Å². The summed E-state index contributed by atoms with van der Waals surface area (Å²) in [5.74, 6) is 0.632. The molecule has 154 valence electrons. The number of anilines is 1. The first-order chi connectivity index (χ1) is 14.1. The molecule has 1 aliphatic heterocycles. The standard InChI is InChI=1S/C23H29N3O3/c1-3-13-26(15-22(27)24-19-10-6-4-8-17(19)2)16-23(28)25-20-12-14-29-21-11-7-5-9-18(20)21/h4-11,20H,3,12-16H2,1-2H3,(H,24,27)(H,25,28). The first-order valence-corrected chi connectivity index (χ1v) is 10.2. The van der Waals surface area contributed by atoms with Crippen LogP contribution in [-0.2, 0) is 9.59 Å². The Morgan fingerprint density at radius 3 is 2.59 bits per heavy atom. The van der Waals surface area contributed by atoms with Crippen molar-refractivity contribution in [1.82, 2.24) is 10.2 Å². The molecule has 0 bridgehead atoms. The maximum atomic E-state index is 12.7. The molecule has 6 heteroatoms. The van der Waals surface area contributed by atoms with Gasteiger partial charge in [-0.3, -0.25) is 14.5 Å². The summed E-state index contributed by atoms with van der Waals surface area (Å²) in [5, 5.41) is 6.04. The van der Waals surface area contributed by atoms with Crippen molar-refractivity contribution >= 4 is 17.5 Å². The molecule has 1 atom stereocenters. The SMILES string of the molecule is CCCN(CC(=O)Nc1ccccc1C)CC(=O)NC1CCOc2ccccc21. The molecule has 1 aliphatic rings. The number of fused-ring (bicyclic) bond motifs is 1. The fraction of sp³-hybridized carbons (Fsp3) is 0.391. The van der Waals surface area contributed by atoms with E-state index in [2.05, 4.69) is 10.6 Å². The van der Waals surface area contributed by atoms with Gasteiger partial charge in [-0.1, -0.05) is 43.3 Å². The summed E-state index contributed by atoms with van der Waals surface area (Å²) in [6, 6.07) is 15.4. The monoisotopic (exact) mass is 395 g/mol. The first-order valence-electron chi connectivity index (χ1n) is 10.2. The molecule has 2 N–H and O–H groups in total. The molecule has 0 aromatic heterocycles. The van der Waals surface area contributed by atoms with Crippen LogP contribution in [0, 0.1) is 6.92 Å². The lowest BCUT2D eigenvalue weighted by molar-refractivity contribution is -0.124. The number of benzene rings is 2. The van der Waals surface area contributed by atoms with Gasteiger partial charge in [0.05, 0.1) is 25.7 Å². The Morgan fingerprint density at radius 2 is 1.79 bits per heavy atom. The maximum Gasteiger partial charge on any atom is 0.238 e. The molecule has 0 aliphatic carbocycles. The van der Waals surface area contributed by atoms with Gasteiger partial charge in [-0.2, -0.15) is 0 Å². The molecule has 1 unspecified atom stereocenters. The third-order valence-corrected chi connectivity index (χ3v) is 4.99. The highest BCUT2D eigenvalue weighted by molar-refractivity contribution is 5.93. The summed E-state index contributed by atoms with van der Waals surface area (Å²) in [7, 11) is 0. The number of amides is 2. The molecular formula is C23H29N3O3. The summed E-state index contributed by atoms with van der Waals surface area (Å²) in [5.41, 5.74) is 2.82. The largest absolute Gasteiger partial charge is 0.493 e. The minimum absolute atomic E-state index is 0.0586. The van der Waals surface area contributed by atoms with E-state index in [-0.39, 0.29) is 30.9 Å². The molecular weight excluding hydrogens is 366 g/mol. The normalized spacial score (nSPS) is 15.3. The van der Waals surface area contributed by atoms with Gasteiger partial charge >= 0.3 is 0 Å². The predicted molar refractivity (Wildman–Crippen MR) is 114 cm³/mol. The van der Waals surface area contributed by atoms with Crippen molar-refractivity contribution in [3.8, 4) is 5.75 Å². The van der Waals surface area contributed by atoms with Crippen LogP contribution in [0.2, 0.25) is 0 Å². The van der Waals surface area contributed by atoms with E-state index in [1.165, 1.54) is 0 Å². The van der Waals surface area contributed by atoms with E-state index >= 15 is 0 Å². The summed E-state index contributed by atoms with van der Waals surface area (Å²) < 4.78 is 5.66. The van der Waals surface area contributed by atoms with Crippen molar-refractivity contribution in [2.45, 2.75) is 32.7 Å². The smallest absolute Gasteiger partial charge is 0.238 e. The van der Waals surface area contributed by atoms with Gasteiger partial charge in [0.15, 0.2) is 0 Å². The van der Waals surface area contributed by atoms with Gasteiger partial charge < -0.3 is 15.4 Å². The average molecular weight is 396 g/mol. The molecule has 2 amide bonds. The van der Waals surface area contributed by atoms with Crippen molar-refractivity contribution in [3.05, 3.63) is 59.7 Å². The Balaban J connectivity index is 1.56. The Morgan fingerprint density at radius 1 is 1.07 bits per heavy atom. The number of para-hydroxylation sites is 2. The zero-order chi connectivity index (χ0) is 20.6. The van der Waals surface area contributed by atoms with Crippen molar-refractivity contribution < 1.29 is 14.3 Å². The molecule has 6 nitrogen and oxygen atoms in total. The number of nitrogens with one attached hydrogen (secondary N) is 2. The third kappa shape index (κ3) is 5.81. The highest BCUT2D eigenvalue weighted by Gasteiger charge is 2.23. The van der Waals surface area contributed by atoms with Gasteiger partial charge in [0.25, 0.3) is 0 Å². The van der Waals surface area contributed by atoms with Crippen molar-refractivity contribution in [2.75, 3.05) is 31.6 Å². The van der Waals surface area contributed by atoms with Crippen LogP contribution in [0.4, 0.5) is 5.69 Å². The number of nitrogens with zero attached hydrogens (tertiary/aromatic N) is 1. The Bertz CT molecular complexity index is 853. The minimum Gasteiger partial charge on any atom is -0.493 e. The fourth-order valence-electron chi connectivity index (χ4n) is 3.57. The van der Waals surface area contributed by atoms with E-state index < -0.39 is 0 Å². The fourth-order valence-corrected chi connectivity index (χ4v) is 3.57. The van der Waals surface area contributed by atoms with E-state index in [9.17, 15) is 9.59 Å². The number of carbonyl (C=O) groups excluding carboxylic acids is 2. The summed E-state index contributed by atoms with van der Waals surface area (Å²) >= 11 is 0. The molecule has 29 heavy (non-hydrogen) atoms. The van der Waals surface area contributed by atoms with E-state index in [1.807, 2.05) is 67.3 Å². The quantitative estimate of drug-likeness (QED) is 0.720. The van der Waals surface area contributed by atoms with Crippen LogP contribution in [0.15, 0.2) is 48.5 Å². The highest BCUT2D eigenvalue weighted by atomic mass is 16.5. The van der Waals surface area contributed by atoms with E-state index in [1.54, 1.807) is 0 Å². The zero-order valence-electron chi connectivity index (χ0n) is 17.1. The first kappa shape index (κ1) is 20.9. The molecule has 2 aromatic carbocycles. The van der Waals surface area contributed by atoms with Crippen LogP contribution in [0.3, 0.4) is 0 Å². The Kier molecular flexibility index (Phi) is 7.25. The second-order valence-corrected chi connectivity index (χ2v) is 7.37. The Hall–Kier alpha value is -2.86. The number of carbonyl (C=O) groups is 2. The molecule has 3 rings (SSSR count). The number of hydrogen-bond donors (Lipinski definition) is 2. The van der Waals surface area contributed by atoms with Crippen molar-refractivity contribution in [2.24, 2.45) is 0 Å². The maximum absolute atomic E-state index is 12.7. The third-order valence-electron chi connectivity index (χ3n) is 4.99. The van der Waals surface area contributed by atoms with Gasteiger partial charge in [-0.15, -0.1) is 0 Å². The zero-order valence-corrected chi connectivity index (χ0v) is 17.1. The molecule has 0 saturated carbocycles. The second-order valence-electron chi connectivity index (χ2n) is 7.37. The predicted octanol–water partition coefficient (Wildman–Crippen LogP) is 3.29. The van der Waals surface area contributed by atoms with Crippen LogP contribution < -0.4 is 15.4 Å². The number of hydrogen-bond acceptors (Lipinski definition) is 4. The second kappa shape index (κ2) is 10.1. The van der Waals surface area contributed by atoms with Crippen molar-refractivity contribution in [3.63, 3.8) is 0 Å². The number of rotatable bonds is 8. The van der Waals surface area contributed by atoms with Gasteiger partial charge in [0, 0.05) is 17.7 Å². The van der Waals surface area contributed by atoms with E-state index in [0.29, 0.717) is 13.2 Å². The summed E-state index contributed by atoms with van der Waals surface area (Å²) in [4.78, 5) is 27.0. The number of aryl methyl sites for hydroxylation is 1. The lowest BCUT2D eigenvalue weighted by Crippen LogP contribution is -2.43. The molecule has 0 saturated heterocycles. The molecule has 0 spiro atoms. The molecule has 1 heterocycles. The summed E-state index contributed by atoms with van der Waals surface area (Å²) in [6.45, 7) is 5.63. The van der Waals surface area contributed by atoms with Crippen LogP contribution in [0.25, 0.3) is 0 Å². The topological polar surface area (TPSA) is 70.7 Å². The Labute approximate surface area is 172 Å². The van der Waals surface area contributed by atoms with Gasteiger partial charge in [-0.25, -0.2) is 0 Å². The lowest BCUT2D eigenvalue weighted by atomic mass is 10.0. The van der Waals surface area contributed by atoms with E-state index in [4.69, 9.17) is 4.74 Å². The minimum atomic E-state index is -0.114. The molecule has 0 fully saturated rings. The van der Waals surface area contributed by atoms with Gasteiger partial charge in [0.1, 0.15) is 5.75 Å². The molecule has 2 aromatic rings. The number of ether oxygens (including phenoxy) is 1. The summed E-state index contributed by atoms with van der Waals surface area (Å²) in [6.07, 6.45) is 1.61. The van der Waals surface area contributed by atoms with Crippen molar-refractivity contribution in [1.29, 1.82) is 0 Å². The van der Waals surface area contributed by atoms with Gasteiger partial charge in [-0.05, 0) is 37.6 Å². The average Bonchev–Trinajstić information content (AvgIpc) is 2.70. The van der Waals surface area contributed by atoms with Crippen LogP contribution in [-0.4, -0.2) is 43.0 Å². The molecule has 0 radical (unpaired) electrons.